The van der Waals surface area contributed by atoms with Gasteiger partial charge in [0.15, 0.2) is 5.78 Å². The van der Waals surface area contributed by atoms with Crippen molar-refractivity contribution in [2.24, 2.45) is 0 Å². The van der Waals surface area contributed by atoms with Crippen LogP contribution >= 0.6 is 27.3 Å². The molecule has 0 unspecified atom stereocenters. The Morgan fingerprint density at radius 3 is 2.65 bits per heavy atom. The van der Waals surface area contributed by atoms with E-state index in [0.717, 1.165) is 15.0 Å². The molecule has 0 fully saturated rings. The van der Waals surface area contributed by atoms with Crippen LogP contribution in [0.5, 0.6) is 0 Å². The molecule has 1 N–H and O–H groups in total. The van der Waals surface area contributed by atoms with Gasteiger partial charge < -0.3 is 5.32 Å². The Kier molecular flexibility index (Phi) is 4.12. The zero-order chi connectivity index (χ0) is 12.1. The molecule has 4 heteroatoms. The van der Waals surface area contributed by atoms with E-state index in [1.54, 1.807) is 6.20 Å². The quantitative estimate of drug-likeness (QED) is 0.673. The van der Waals surface area contributed by atoms with Crippen LogP contribution in [0.4, 0.5) is 5.69 Å². The fourth-order valence-electron chi connectivity index (χ4n) is 1.26. The number of halogens is 1. The second kappa shape index (κ2) is 5.80. The maximum absolute atomic E-state index is 11.6. The SMILES string of the molecule is O=C(/C=C/Nc1ccc(Br)cc1)c1cccs1. The lowest BCUT2D eigenvalue weighted by molar-refractivity contribution is 0.105. The number of ketones is 1. The van der Waals surface area contributed by atoms with Crippen LogP contribution in [-0.2, 0) is 0 Å². The second-order valence-electron chi connectivity index (χ2n) is 3.33. The molecule has 0 aliphatic carbocycles. The maximum atomic E-state index is 11.6. The number of anilines is 1. The highest BCUT2D eigenvalue weighted by molar-refractivity contribution is 9.10. The summed E-state index contributed by atoms with van der Waals surface area (Å²) in [7, 11) is 0. The zero-order valence-corrected chi connectivity index (χ0v) is 11.3. The van der Waals surface area contributed by atoms with Gasteiger partial charge in [0, 0.05) is 22.4 Å². The minimum absolute atomic E-state index is 0.0182. The van der Waals surface area contributed by atoms with Crippen LogP contribution in [-0.4, -0.2) is 5.78 Å². The van der Waals surface area contributed by atoms with E-state index in [-0.39, 0.29) is 5.78 Å². The number of hydrogen-bond donors (Lipinski definition) is 1. The topological polar surface area (TPSA) is 29.1 Å². The summed E-state index contributed by atoms with van der Waals surface area (Å²) in [6.07, 6.45) is 3.19. The third-order valence-corrected chi connectivity index (χ3v) is 3.51. The van der Waals surface area contributed by atoms with Gasteiger partial charge in [-0.15, -0.1) is 11.3 Å². The maximum Gasteiger partial charge on any atom is 0.197 e. The first-order valence-corrected chi connectivity index (χ1v) is 6.69. The van der Waals surface area contributed by atoms with Crippen molar-refractivity contribution in [3.8, 4) is 0 Å². The molecule has 0 saturated heterocycles. The average Bonchev–Trinajstić information content (AvgIpc) is 2.85. The first-order chi connectivity index (χ1) is 8.25. The standard InChI is InChI=1S/C13H10BrNOS/c14-10-3-5-11(6-4-10)15-8-7-12(16)13-2-1-9-17-13/h1-9,15H/b8-7+. The average molecular weight is 308 g/mol. The molecule has 0 amide bonds. The molecule has 2 nitrogen and oxygen atoms in total. The van der Waals surface area contributed by atoms with Gasteiger partial charge in [0.2, 0.25) is 0 Å². The molecule has 1 aromatic carbocycles. The summed E-state index contributed by atoms with van der Waals surface area (Å²) in [5.74, 6) is 0.0182. The summed E-state index contributed by atoms with van der Waals surface area (Å²) in [5, 5.41) is 4.94. The first-order valence-electron chi connectivity index (χ1n) is 5.02. The normalized spacial score (nSPS) is 10.6. The highest BCUT2D eigenvalue weighted by Gasteiger charge is 2.00. The molecule has 0 bridgehead atoms. The molecule has 17 heavy (non-hydrogen) atoms. The van der Waals surface area contributed by atoms with Crippen molar-refractivity contribution in [3.63, 3.8) is 0 Å². The number of carbonyl (C=O) groups is 1. The molecule has 0 radical (unpaired) electrons. The Bertz CT molecular complexity index is 517. The lowest BCUT2D eigenvalue weighted by Gasteiger charge is -1.99. The number of hydrogen-bond acceptors (Lipinski definition) is 3. The van der Waals surface area contributed by atoms with Gasteiger partial charge in [0.1, 0.15) is 0 Å². The van der Waals surface area contributed by atoms with Crippen LogP contribution in [0.15, 0.2) is 58.5 Å². The smallest absolute Gasteiger partial charge is 0.197 e. The van der Waals surface area contributed by atoms with Gasteiger partial charge in [-0.3, -0.25) is 4.79 Å². The largest absolute Gasteiger partial charge is 0.362 e. The summed E-state index contributed by atoms with van der Waals surface area (Å²) in [5.41, 5.74) is 0.948. The lowest BCUT2D eigenvalue weighted by atomic mass is 10.3. The molecule has 2 aromatic rings. The molecule has 0 aliphatic rings. The number of rotatable bonds is 4. The van der Waals surface area contributed by atoms with Crippen molar-refractivity contribution in [1.29, 1.82) is 0 Å². The number of allylic oxidation sites excluding steroid dienone is 1. The van der Waals surface area contributed by atoms with Crippen LogP contribution in [0.25, 0.3) is 0 Å². The van der Waals surface area contributed by atoms with E-state index >= 15 is 0 Å². The second-order valence-corrected chi connectivity index (χ2v) is 5.19. The van der Waals surface area contributed by atoms with Gasteiger partial charge in [-0.2, -0.15) is 0 Å². The van der Waals surface area contributed by atoms with Crippen molar-refractivity contribution < 1.29 is 4.79 Å². The Hall–Kier alpha value is -1.39. The molecule has 1 heterocycles. The van der Waals surface area contributed by atoms with Gasteiger partial charge >= 0.3 is 0 Å². The molecular weight excluding hydrogens is 298 g/mol. The van der Waals surface area contributed by atoms with Crippen LogP contribution < -0.4 is 5.32 Å². The fraction of sp³-hybridized carbons (Fsp3) is 0. The van der Waals surface area contributed by atoms with E-state index in [9.17, 15) is 4.79 Å². The zero-order valence-electron chi connectivity index (χ0n) is 8.89. The Morgan fingerprint density at radius 2 is 2.00 bits per heavy atom. The molecule has 0 aliphatic heterocycles. The van der Waals surface area contributed by atoms with E-state index in [0.29, 0.717) is 0 Å². The summed E-state index contributed by atoms with van der Waals surface area (Å²) in [6, 6.07) is 11.4. The molecule has 1 aromatic heterocycles. The van der Waals surface area contributed by atoms with E-state index in [1.165, 1.54) is 17.4 Å². The molecule has 2 rings (SSSR count). The minimum Gasteiger partial charge on any atom is -0.362 e. The van der Waals surface area contributed by atoms with E-state index in [4.69, 9.17) is 0 Å². The van der Waals surface area contributed by atoms with Gasteiger partial charge in [-0.1, -0.05) is 22.0 Å². The number of carbonyl (C=O) groups excluding carboxylic acids is 1. The van der Waals surface area contributed by atoms with E-state index < -0.39 is 0 Å². The number of nitrogens with one attached hydrogen (secondary N) is 1. The molecule has 86 valence electrons. The molecular formula is C13H10BrNOS. The molecule has 0 atom stereocenters. The Balaban J connectivity index is 1.94. The van der Waals surface area contributed by atoms with Gasteiger partial charge in [0.25, 0.3) is 0 Å². The number of thiophene rings is 1. The van der Waals surface area contributed by atoms with Crippen molar-refractivity contribution in [1.82, 2.24) is 0 Å². The van der Waals surface area contributed by atoms with Crippen molar-refractivity contribution >= 4 is 38.7 Å². The van der Waals surface area contributed by atoms with Crippen LogP contribution in [0.2, 0.25) is 0 Å². The van der Waals surface area contributed by atoms with Crippen LogP contribution in [0, 0.1) is 0 Å². The molecule has 0 saturated carbocycles. The van der Waals surface area contributed by atoms with Crippen molar-refractivity contribution in [2.45, 2.75) is 0 Å². The predicted molar refractivity (Wildman–Crippen MR) is 75.6 cm³/mol. The van der Waals surface area contributed by atoms with Crippen molar-refractivity contribution in [3.05, 3.63) is 63.4 Å². The summed E-state index contributed by atoms with van der Waals surface area (Å²) in [6.45, 7) is 0. The van der Waals surface area contributed by atoms with Gasteiger partial charge in [0.05, 0.1) is 4.88 Å². The summed E-state index contributed by atoms with van der Waals surface area (Å²) >= 11 is 4.81. The van der Waals surface area contributed by atoms with Gasteiger partial charge in [-0.25, -0.2) is 0 Å². The van der Waals surface area contributed by atoms with Gasteiger partial charge in [-0.05, 0) is 35.7 Å². The fourth-order valence-corrected chi connectivity index (χ4v) is 2.17. The van der Waals surface area contributed by atoms with Crippen molar-refractivity contribution in [2.75, 3.05) is 5.32 Å². The Morgan fingerprint density at radius 1 is 1.24 bits per heavy atom. The number of benzene rings is 1. The highest BCUT2D eigenvalue weighted by Crippen LogP contribution is 2.14. The highest BCUT2D eigenvalue weighted by atomic mass is 79.9. The van der Waals surface area contributed by atoms with Crippen LogP contribution in [0.3, 0.4) is 0 Å². The molecule has 0 spiro atoms. The monoisotopic (exact) mass is 307 g/mol. The van der Waals surface area contributed by atoms with Crippen LogP contribution in [0.1, 0.15) is 9.67 Å². The third kappa shape index (κ3) is 3.54. The summed E-state index contributed by atoms with van der Waals surface area (Å²) in [4.78, 5) is 12.4. The lowest BCUT2D eigenvalue weighted by Crippen LogP contribution is -1.93. The van der Waals surface area contributed by atoms with E-state index in [2.05, 4.69) is 21.2 Å². The third-order valence-electron chi connectivity index (χ3n) is 2.09. The Labute approximate surface area is 112 Å². The van der Waals surface area contributed by atoms with E-state index in [1.807, 2.05) is 41.8 Å². The summed E-state index contributed by atoms with van der Waals surface area (Å²) < 4.78 is 1.03. The predicted octanol–water partition coefficient (Wildman–Crippen LogP) is 4.32. The first kappa shape index (κ1) is 12.1. The minimum atomic E-state index is 0.0182.